The van der Waals surface area contributed by atoms with Crippen LogP contribution in [0.15, 0.2) is 12.1 Å². The zero-order chi connectivity index (χ0) is 12.8. The lowest BCUT2D eigenvalue weighted by molar-refractivity contribution is 0.557. The zero-order valence-electron chi connectivity index (χ0n) is 11.7. The molecule has 0 spiro atoms. The Hall–Kier alpha value is -0.340. The highest BCUT2D eigenvalue weighted by Gasteiger charge is 2.05. The standard InChI is InChI=1S/C13H18S2.C2H6/c1-9(2)5-4-6-11-8-13-12(15-11)7-10(3)14-13;1-2/h7-9H,4-6H2,1-3H3;1-2H3. The molecule has 0 aromatic carbocycles. The molecule has 0 unspecified atom stereocenters. The monoisotopic (exact) mass is 268 g/mol. The third-order valence-electron chi connectivity index (χ3n) is 2.59. The lowest BCUT2D eigenvalue weighted by Gasteiger charge is -2.01. The van der Waals surface area contributed by atoms with Crippen LogP contribution in [0.2, 0.25) is 0 Å². The van der Waals surface area contributed by atoms with Gasteiger partial charge in [-0.1, -0.05) is 34.1 Å². The minimum atomic E-state index is 0.841. The molecule has 2 heterocycles. The number of fused-ring (bicyclic) bond motifs is 1. The summed E-state index contributed by atoms with van der Waals surface area (Å²) in [4.78, 5) is 3.00. The van der Waals surface area contributed by atoms with Crippen molar-refractivity contribution < 1.29 is 0 Å². The second-order valence-electron chi connectivity index (χ2n) is 4.58. The fourth-order valence-corrected chi connectivity index (χ4v) is 4.20. The predicted molar refractivity (Wildman–Crippen MR) is 83.6 cm³/mol. The molecule has 0 radical (unpaired) electrons. The van der Waals surface area contributed by atoms with E-state index in [2.05, 4.69) is 32.9 Å². The minimum absolute atomic E-state index is 0.841. The Labute approximate surface area is 114 Å². The van der Waals surface area contributed by atoms with Gasteiger partial charge in [-0.2, -0.15) is 0 Å². The minimum Gasteiger partial charge on any atom is -0.140 e. The van der Waals surface area contributed by atoms with E-state index in [0.717, 1.165) is 5.92 Å². The van der Waals surface area contributed by atoms with Gasteiger partial charge in [0.05, 0.1) is 0 Å². The van der Waals surface area contributed by atoms with E-state index in [4.69, 9.17) is 0 Å². The first-order chi connectivity index (χ1) is 8.15. The SMILES string of the molecule is CC.Cc1cc2sc(CCCC(C)C)cc2s1. The summed E-state index contributed by atoms with van der Waals surface area (Å²) in [5, 5.41) is 0. The molecule has 0 atom stereocenters. The Kier molecular flexibility index (Phi) is 6.21. The summed E-state index contributed by atoms with van der Waals surface area (Å²) in [6.45, 7) is 10.8. The van der Waals surface area contributed by atoms with E-state index in [1.165, 1.54) is 33.5 Å². The van der Waals surface area contributed by atoms with Gasteiger partial charge in [0.25, 0.3) is 0 Å². The molecule has 2 heteroatoms. The number of hydrogen-bond acceptors (Lipinski definition) is 2. The van der Waals surface area contributed by atoms with E-state index in [-0.39, 0.29) is 0 Å². The lowest BCUT2D eigenvalue weighted by atomic mass is 10.1. The van der Waals surface area contributed by atoms with Crippen molar-refractivity contribution in [1.29, 1.82) is 0 Å². The summed E-state index contributed by atoms with van der Waals surface area (Å²) in [5.41, 5.74) is 0. The average molecular weight is 268 g/mol. The topological polar surface area (TPSA) is 0 Å². The molecule has 0 N–H and O–H groups in total. The lowest BCUT2D eigenvalue weighted by Crippen LogP contribution is -1.88. The number of thiophene rings is 2. The Bertz CT molecular complexity index is 403. The Balaban J connectivity index is 0.000000686. The Morgan fingerprint density at radius 1 is 1.06 bits per heavy atom. The van der Waals surface area contributed by atoms with Gasteiger partial charge in [0.15, 0.2) is 0 Å². The smallest absolute Gasteiger partial charge is 0.0456 e. The molecule has 96 valence electrons. The molecule has 0 bridgehead atoms. The summed E-state index contributed by atoms with van der Waals surface area (Å²) < 4.78 is 2.97. The maximum atomic E-state index is 2.39. The van der Waals surface area contributed by atoms with Crippen molar-refractivity contribution in [1.82, 2.24) is 0 Å². The maximum absolute atomic E-state index is 2.39. The molecule has 2 aromatic rings. The van der Waals surface area contributed by atoms with Gasteiger partial charge in [-0.3, -0.25) is 0 Å². The molecular weight excluding hydrogens is 244 g/mol. The molecule has 17 heavy (non-hydrogen) atoms. The molecule has 0 aliphatic carbocycles. The van der Waals surface area contributed by atoms with Crippen molar-refractivity contribution >= 4 is 32.1 Å². The molecule has 0 saturated carbocycles. The van der Waals surface area contributed by atoms with Gasteiger partial charge in [-0.15, -0.1) is 22.7 Å². The molecule has 0 fully saturated rings. The molecular formula is C15H24S2. The first-order valence-corrected chi connectivity index (χ1v) is 8.27. The normalized spacial score (nSPS) is 10.7. The zero-order valence-corrected chi connectivity index (χ0v) is 13.3. The first kappa shape index (κ1) is 14.7. The van der Waals surface area contributed by atoms with Crippen LogP contribution >= 0.6 is 22.7 Å². The van der Waals surface area contributed by atoms with Gasteiger partial charge in [-0.25, -0.2) is 0 Å². The van der Waals surface area contributed by atoms with Crippen LogP contribution in [0.5, 0.6) is 0 Å². The van der Waals surface area contributed by atoms with Gasteiger partial charge in [0.1, 0.15) is 0 Å². The molecule has 2 rings (SSSR count). The van der Waals surface area contributed by atoms with Crippen molar-refractivity contribution in [2.24, 2.45) is 5.92 Å². The van der Waals surface area contributed by atoms with Crippen molar-refractivity contribution in [3.05, 3.63) is 21.9 Å². The summed E-state index contributed by atoms with van der Waals surface area (Å²) >= 11 is 3.90. The van der Waals surface area contributed by atoms with Crippen molar-refractivity contribution in [2.75, 3.05) is 0 Å². The van der Waals surface area contributed by atoms with E-state index in [0.29, 0.717) is 0 Å². The molecule has 0 aliphatic rings. The van der Waals surface area contributed by atoms with Crippen LogP contribution < -0.4 is 0 Å². The number of rotatable bonds is 4. The third kappa shape index (κ3) is 4.44. The van der Waals surface area contributed by atoms with Crippen molar-refractivity contribution in [2.45, 2.75) is 53.9 Å². The van der Waals surface area contributed by atoms with Crippen LogP contribution in [-0.4, -0.2) is 0 Å². The quantitative estimate of drug-likeness (QED) is 0.612. The van der Waals surface area contributed by atoms with Gasteiger partial charge < -0.3 is 0 Å². The molecule has 0 nitrogen and oxygen atoms in total. The highest BCUT2D eigenvalue weighted by atomic mass is 32.1. The van der Waals surface area contributed by atoms with E-state index < -0.39 is 0 Å². The predicted octanol–water partition coefficient (Wildman–Crippen LogP) is 6.28. The van der Waals surface area contributed by atoms with Crippen LogP contribution in [0.25, 0.3) is 9.40 Å². The van der Waals surface area contributed by atoms with Crippen LogP contribution in [0, 0.1) is 12.8 Å². The van der Waals surface area contributed by atoms with E-state index in [1.54, 1.807) is 4.88 Å². The number of aryl methyl sites for hydroxylation is 2. The van der Waals surface area contributed by atoms with Crippen LogP contribution in [0.1, 0.15) is 50.3 Å². The molecule has 2 aromatic heterocycles. The average Bonchev–Trinajstić information content (AvgIpc) is 2.77. The van der Waals surface area contributed by atoms with Gasteiger partial charge in [0.2, 0.25) is 0 Å². The summed E-state index contributed by atoms with van der Waals surface area (Å²) in [6, 6.07) is 4.70. The fraction of sp³-hybridized carbons (Fsp3) is 0.600. The fourth-order valence-electron chi connectivity index (χ4n) is 1.81. The largest absolute Gasteiger partial charge is 0.140 e. The Morgan fingerprint density at radius 2 is 1.71 bits per heavy atom. The second kappa shape index (κ2) is 7.17. The molecule has 0 saturated heterocycles. The molecule has 0 amide bonds. The number of hydrogen-bond donors (Lipinski definition) is 0. The maximum Gasteiger partial charge on any atom is 0.0456 e. The third-order valence-corrected chi connectivity index (χ3v) is 4.85. The van der Waals surface area contributed by atoms with Gasteiger partial charge in [0, 0.05) is 19.2 Å². The second-order valence-corrected chi connectivity index (χ2v) is 7.04. The molecule has 0 aliphatic heterocycles. The summed E-state index contributed by atoms with van der Waals surface area (Å²) in [7, 11) is 0. The van der Waals surface area contributed by atoms with Crippen LogP contribution in [0.4, 0.5) is 0 Å². The van der Waals surface area contributed by atoms with Crippen LogP contribution in [-0.2, 0) is 6.42 Å². The van der Waals surface area contributed by atoms with Crippen molar-refractivity contribution in [3.63, 3.8) is 0 Å². The van der Waals surface area contributed by atoms with Crippen LogP contribution in [0.3, 0.4) is 0 Å². The Morgan fingerprint density at radius 3 is 2.29 bits per heavy atom. The highest BCUT2D eigenvalue weighted by molar-refractivity contribution is 7.27. The van der Waals surface area contributed by atoms with E-state index in [9.17, 15) is 0 Å². The summed E-state index contributed by atoms with van der Waals surface area (Å²) in [6.07, 6.45) is 3.96. The first-order valence-electron chi connectivity index (χ1n) is 6.64. The van der Waals surface area contributed by atoms with E-state index >= 15 is 0 Å². The van der Waals surface area contributed by atoms with Gasteiger partial charge >= 0.3 is 0 Å². The van der Waals surface area contributed by atoms with Gasteiger partial charge in [-0.05, 0) is 37.8 Å². The van der Waals surface area contributed by atoms with E-state index in [1.807, 2.05) is 36.5 Å². The highest BCUT2D eigenvalue weighted by Crippen LogP contribution is 2.33. The van der Waals surface area contributed by atoms with Crippen molar-refractivity contribution in [3.8, 4) is 0 Å². The summed E-state index contributed by atoms with van der Waals surface area (Å²) in [5.74, 6) is 0.841.